The smallest absolute Gasteiger partial charge is 0.218 e. The lowest BCUT2D eigenvalue weighted by molar-refractivity contribution is 0.0711. The molecule has 2 N–H and O–H groups in total. The minimum absolute atomic E-state index is 0.139. The molecule has 0 radical (unpaired) electrons. The SMILES string of the molecule is CC(CC1COCCN1)NCc1cccnc1OC(C)C. The summed E-state index contributed by atoms with van der Waals surface area (Å²) in [7, 11) is 0. The molecule has 0 saturated carbocycles. The Balaban J connectivity index is 1.81. The Kier molecular flexibility index (Phi) is 6.42. The standard InChI is InChI=1S/C16H27N3O2/c1-12(2)21-16-14(5-4-6-18-16)10-19-13(3)9-15-11-20-8-7-17-15/h4-6,12-13,15,17,19H,7-11H2,1-3H3. The van der Waals surface area contributed by atoms with Crippen molar-refractivity contribution in [2.75, 3.05) is 19.8 Å². The van der Waals surface area contributed by atoms with Crippen LogP contribution < -0.4 is 15.4 Å². The van der Waals surface area contributed by atoms with E-state index in [9.17, 15) is 0 Å². The van der Waals surface area contributed by atoms with Crippen molar-refractivity contribution in [3.63, 3.8) is 0 Å². The highest BCUT2D eigenvalue weighted by Gasteiger charge is 2.16. The number of ether oxygens (including phenoxy) is 2. The Morgan fingerprint density at radius 3 is 3.05 bits per heavy atom. The zero-order valence-electron chi connectivity index (χ0n) is 13.3. The average Bonchev–Trinajstić information content (AvgIpc) is 2.47. The predicted molar refractivity (Wildman–Crippen MR) is 83.5 cm³/mol. The second-order valence-corrected chi connectivity index (χ2v) is 5.88. The van der Waals surface area contributed by atoms with Crippen LogP contribution in [0.4, 0.5) is 0 Å². The lowest BCUT2D eigenvalue weighted by atomic mass is 10.1. The maximum atomic E-state index is 5.74. The van der Waals surface area contributed by atoms with E-state index in [1.165, 1.54) is 0 Å². The molecule has 0 amide bonds. The largest absolute Gasteiger partial charge is 0.475 e. The molecule has 5 nitrogen and oxygen atoms in total. The molecule has 2 heterocycles. The molecule has 2 unspecified atom stereocenters. The summed E-state index contributed by atoms with van der Waals surface area (Å²) in [6, 6.07) is 4.87. The molecule has 0 aromatic carbocycles. The molecule has 5 heteroatoms. The second-order valence-electron chi connectivity index (χ2n) is 5.88. The number of hydrogen-bond donors (Lipinski definition) is 2. The van der Waals surface area contributed by atoms with Crippen LogP contribution in [0.1, 0.15) is 32.8 Å². The molecule has 2 atom stereocenters. The first kappa shape index (κ1) is 16.2. The molecular formula is C16H27N3O2. The molecule has 21 heavy (non-hydrogen) atoms. The van der Waals surface area contributed by atoms with Gasteiger partial charge in [-0.2, -0.15) is 0 Å². The van der Waals surface area contributed by atoms with Crippen LogP contribution in [0.25, 0.3) is 0 Å². The van der Waals surface area contributed by atoms with Gasteiger partial charge in [-0.05, 0) is 33.3 Å². The maximum absolute atomic E-state index is 5.74. The Morgan fingerprint density at radius 2 is 2.33 bits per heavy atom. The number of aromatic nitrogens is 1. The van der Waals surface area contributed by atoms with Gasteiger partial charge in [-0.1, -0.05) is 6.07 Å². The molecule has 1 aromatic heterocycles. The fourth-order valence-corrected chi connectivity index (χ4v) is 2.45. The summed E-state index contributed by atoms with van der Waals surface area (Å²) in [6.07, 6.45) is 2.97. The fraction of sp³-hybridized carbons (Fsp3) is 0.688. The Labute approximate surface area is 127 Å². The van der Waals surface area contributed by atoms with Gasteiger partial charge in [0.25, 0.3) is 0 Å². The van der Waals surface area contributed by atoms with E-state index in [4.69, 9.17) is 9.47 Å². The number of hydrogen-bond acceptors (Lipinski definition) is 5. The van der Waals surface area contributed by atoms with E-state index < -0.39 is 0 Å². The first-order valence-electron chi connectivity index (χ1n) is 7.80. The number of pyridine rings is 1. The minimum atomic E-state index is 0.139. The number of rotatable bonds is 7. The lowest BCUT2D eigenvalue weighted by Gasteiger charge is -2.27. The lowest BCUT2D eigenvalue weighted by Crippen LogP contribution is -2.44. The number of nitrogens with zero attached hydrogens (tertiary/aromatic N) is 1. The summed E-state index contributed by atoms with van der Waals surface area (Å²) >= 11 is 0. The van der Waals surface area contributed by atoms with Gasteiger partial charge in [0.05, 0.1) is 19.3 Å². The third-order valence-corrected chi connectivity index (χ3v) is 3.47. The zero-order valence-corrected chi connectivity index (χ0v) is 13.3. The van der Waals surface area contributed by atoms with E-state index in [0.29, 0.717) is 12.1 Å². The minimum Gasteiger partial charge on any atom is -0.475 e. The van der Waals surface area contributed by atoms with Crippen molar-refractivity contribution < 1.29 is 9.47 Å². The van der Waals surface area contributed by atoms with Crippen molar-refractivity contribution in [2.24, 2.45) is 0 Å². The predicted octanol–water partition coefficient (Wildman–Crippen LogP) is 1.73. The highest BCUT2D eigenvalue weighted by molar-refractivity contribution is 5.25. The summed E-state index contributed by atoms with van der Waals surface area (Å²) < 4.78 is 11.2. The van der Waals surface area contributed by atoms with Crippen LogP contribution in [-0.4, -0.2) is 42.9 Å². The van der Waals surface area contributed by atoms with E-state index in [1.54, 1.807) is 6.20 Å². The van der Waals surface area contributed by atoms with Crippen molar-refractivity contribution in [1.82, 2.24) is 15.6 Å². The monoisotopic (exact) mass is 293 g/mol. The quantitative estimate of drug-likeness (QED) is 0.802. The highest BCUT2D eigenvalue weighted by atomic mass is 16.5. The van der Waals surface area contributed by atoms with Gasteiger partial charge in [-0.15, -0.1) is 0 Å². The molecule has 1 fully saturated rings. The van der Waals surface area contributed by atoms with Crippen LogP contribution in [0.15, 0.2) is 18.3 Å². The summed E-state index contributed by atoms with van der Waals surface area (Å²) in [6.45, 7) is 9.59. The van der Waals surface area contributed by atoms with E-state index in [2.05, 4.69) is 28.6 Å². The van der Waals surface area contributed by atoms with Crippen LogP contribution in [0.3, 0.4) is 0 Å². The van der Waals surface area contributed by atoms with Gasteiger partial charge in [-0.25, -0.2) is 4.98 Å². The summed E-state index contributed by atoms with van der Waals surface area (Å²) in [4.78, 5) is 4.32. The first-order chi connectivity index (χ1) is 10.1. The molecule has 1 aliphatic heterocycles. The normalized spacial score (nSPS) is 20.5. The van der Waals surface area contributed by atoms with Gasteiger partial charge in [0.2, 0.25) is 5.88 Å². The van der Waals surface area contributed by atoms with Crippen LogP contribution in [0.5, 0.6) is 5.88 Å². The zero-order chi connectivity index (χ0) is 15.1. The molecule has 0 spiro atoms. The van der Waals surface area contributed by atoms with E-state index in [-0.39, 0.29) is 6.10 Å². The molecule has 118 valence electrons. The molecule has 1 saturated heterocycles. The van der Waals surface area contributed by atoms with E-state index in [1.807, 2.05) is 19.9 Å². The van der Waals surface area contributed by atoms with Crippen LogP contribution >= 0.6 is 0 Å². The Morgan fingerprint density at radius 1 is 1.48 bits per heavy atom. The summed E-state index contributed by atoms with van der Waals surface area (Å²) in [5.41, 5.74) is 1.10. The van der Waals surface area contributed by atoms with Crippen LogP contribution in [-0.2, 0) is 11.3 Å². The van der Waals surface area contributed by atoms with Crippen LogP contribution in [0, 0.1) is 0 Å². The van der Waals surface area contributed by atoms with Gasteiger partial charge in [0, 0.05) is 36.9 Å². The van der Waals surface area contributed by atoms with Gasteiger partial charge < -0.3 is 20.1 Å². The number of nitrogens with one attached hydrogen (secondary N) is 2. The molecular weight excluding hydrogens is 266 g/mol. The van der Waals surface area contributed by atoms with Gasteiger partial charge >= 0.3 is 0 Å². The third kappa shape index (κ3) is 5.61. The Bertz CT molecular complexity index is 420. The van der Waals surface area contributed by atoms with E-state index in [0.717, 1.165) is 44.2 Å². The number of morpholine rings is 1. The van der Waals surface area contributed by atoms with Crippen molar-refractivity contribution >= 4 is 0 Å². The second kappa shape index (κ2) is 8.32. The first-order valence-corrected chi connectivity index (χ1v) is 7.80. The fourth-order valence-electron chi connectivity index (χ4n) is 2.45. The van der Waals surface area contributed by atoms with Gasteiger partial charge in [0.1, 0.15) is 0 Å². The average molecular weight is 293 g/mol. The highest BCUT2D eigenvalue weighted by Crippen LogP contribution is 2.16. The van der Waals surface area contributed by atoms with E-state index >= 15 is 0 Å². The van der Waals surface area contributed by atoms with Crippen molar-refractivity contribution in [1.29, 1.82) is 0 Å². The van der Waals surface area contributed by atoms with Crippen molar-refractivity contribution in [2.45, 2.75) is 51.9 Å². The summed E-state index contributed by atoms with van der Waals surface area (Å²) in [5, 5.41) is 7.03. The molecule has 1 aliphatic rings. The third-order valence-electron chi connectivity index (χ3n) is 3.47. The topological polar surface area (TPSA) is 55.4 Å². The Hall–Kier alpha value is -1.17. The molecule has 2 rings (SSSR count). The molecule has 1 aromatic rings. The summed E-state index contributed by atoms with van der Waals surface area (Å²) in [5.74, 6) is 0.728. The molecule has 0 aliphatic carbocycles. The van der Waals surface area contributed by atoms with Crippen LogP contribution in [0.2, 0.25) is 0 Å². The molecule has 0 bridgehead atoms. The van der Waals surface area contributed by atoms with Crippen molar-refractivity contribution in [3.8, 4) is 5.88 Å². The van der Waals surface area contributed by atoms with Gasteiger partial charge in [0.15, 0.2) is 0 Å². The van der Waals surface area contributed by atoms with Gasteiger partial charge in [-0.3, -0.25) is 0 Å². The maximum Gasteiger partial charge on any atom is 0.218 e. The van der Waals surface area contributed by atoms with Crippen molar-refractivity contribution in [3.05, 3.63) is 23.9 Å².